The molecule has 0 spiro atoms. The monoisotopic (exact) mass is 280 g/mol. The Kier molecular flexibility index (Phi) is 3.82. The van der Waals surface area contributed by atoms with E-state index >= 15 is 0 Å². The van der Waals surface area contributed by atoms with Crippen molar-refractivity contribution < 1.29 is 4.92 Å². The fourth-order valence-corrected chi connectivity index (χ4v) is 2.15. The zero-order valence-electron chi connectivity index (χ0n) is 10.3. The van der Waals surface area contributed by atoms with Gasteiger partial charge in [-0.05, 0) is 25.1 Å². The molecule has 0 bridgehead atoms. The Morgan fingerprint density at radius 1 is 1.53 bits per heavy atom. The highest BCUT2D eigenvalue weighted by Crippen LogP contribution is 2.30. The van der Waals surface area contributed by atoms with Crippen molar-refractivity contribution in [3.63, 3.8) is 0 Å². The van der Waals surface area contributed by atoms with Crippen molar-refractivity contribution in [3.05, 3.63) is 51.1 Å². The van der Waals surface area contributed by atoms with Crippen molar-refractivity contribution in [2.75, 3.05) is 6.54 Å². The molecule has 1 heterocycles. The van der Waals surface area contributed by atoms with E-state index in [0.717, 1.165) is 17.1 Å². The number of aryl methyl sites for hydroxylation is 1. The van der Waals surface area contributed by atoms with E-state index < -0.39 is 4.92 Å². The number of nitro benzene ring substituents is 1. The number of hydrogen-bond acceptors (Lipinski definition) is 4. The van der Waals surface area contributed by atoms with Gasteiger partial charge in [-0.2, -0.15) is 0 Å². The molecule has 0 saturated heterocycles. The Hall–Kier alpha value is -1.92. The van der Waals surface area contributed by atoms with Gasteiger partial charge in [-0.25, -0.2) is 4.98 Å². The maximum Gasteiger partial charge on any atom is 0.288 e. The molecule has 2 N–H and O–H groups in total. The zero-order valence-corrected chi connectivity index (χ0v) is 11.1. The number of benzene rings is 1. The lowest BCUT2D eigenvalue weighted by Gasteiger charge is -2.11. The van der Waals surface area contributed by atoms with E-state index in [1.165, 1.54) is 6.07 Å². The highest BCUT2D eigenvalue weighted by atomic mass is 35.5. The number of rotatable bonds is 4. The van der Waals surface area contributed by atoms with Gasteiger partial charge in [0, 0.05) is 24.9 Å². The largest absolute Gasteiger partial charge is 0.330 e. The molecule has 6 nitrogen and oxygen atoms in total. The van der Waals surface area contributed by atoms with Crippen molar-refractivity contribution in [1.29, 1.82) is 0 Å². The first-order valence-electron chi connectivity index (χ1n) is 5.71. The van der Waals surface area contributed by atoms with Gasteiger partial charge in [0.1, 0.15) is 10.8 Å². The molecule has 100 valence electrons. The minimum atomic E-state index is -0.492. The van der Waals surface area contributed by atoms with Crippen LogP contribution in [-0.2, 0) is 6.42 Å². The summed E-state index contributed by atoms with van der Waals surface area (Å²) in [5.74, 6) is 0.801. The lowest BCUT2D eigenvalue weighted by molar-refractivity contribution is -0.384. The van der Waals surface area contributed by atoms with Crippen LogP contribution in [0, 0.1) is 17.0 Å². The molecule has 0 aliphatic carbocycles. The van der Waals surface area contributed by atoms with Crippen LogP contribution in [0.25, 0.3) is 5.69 Å². The minimum Gasteiger partial charge on any atom is -0.330 e. The van der Waals surface area contributed by atoms with Gasteiger partial charge < -0.3 is 10.3 Å². The van der Waals surface area contributed by atoms with Crippen LogP contribution < -0.4 is 5.73 Å². The Balaban J connectivity index is 2.54. The summed E-state index contributed by atoms with van der Waals surface area (Å²) in [5, 5.41) is 10.9. The normalized spacial score (nSPS) is 10.7. The van der Waals surface area contributed by atoms with Crippen LogP contribution >= 0.6 is 11.6 Å². The predicted molar refractivity (Wildman–Crippen MR) is 72.7 cm³/mol. The third kappa shape index (κ3) is 2.59. The molecule has 2 rings (SSSR count). The summed E-state index contributed by atoms with van der Waals surface area (Å²) < 4.78 is 1.85. The van der Waals surface area contributed by atoms with Crippen LogP contribution in [0.3, 0.4) is 0 Å². The van der Waals surface area contributed by atoms with Gasteiger partial charge in [0.2, 0.25) is 0 Å². The van der Waals surface area contributed by atoms with E-state index in [-0.39, 0.29) is 10.7 Å². The van der Waals surface area contributed by atoms with Crippen LogP contribution in [0.1, 0.15) is 11.4 Å². The first-order chi connectivity index (χ1) is 9.04. The summed E-state index contributed by atoms with van der Waals surface area (Å²) in [6, 6.07) is 3.04. The average molecular weight is 281 g/mol. The summed E-state index contributed by atoms with van der Waals surface area (Å²) in [6.07, 6.45) is 4.08. The second kappa shape index (κ2) is 5.38. The number of hydrogen-bond donors (Lipinski definition) is 1. The summed E-state index contributed by atoms with van der Waals surface area (Å²) in [5.41, 5.74) is 6.97. The molecule has 19 heavy (non-hydrogen) atoms. The van der Waals surface area contributed by atoms with E-state index in [4.69, 9.17) is 17.3 Å². The Bertz CT molecular complexity index is 624. The smallest absolute Gasteiger partial charge is 0.288 e. The van der Waals surface area contributed by atoms with Crippen LogP contribution in [0.15, 0.2) is 24.5 Å². The molecule has 0 unspecified atom stereocenters. The number of imidazole rings is 1. The number of halogens is 1. The molecule has 0 aliphatic heterocycles. The second-order valence-corrected chi connectivity index (χ2v) is 4.51. The molecule has 0 saturated carbocycles. The van der Waals surface area contributed by atoms with E-state index in [0.29, 0.717) is 13.0 Å². The highest BCUT2D eigenvalue weighted by molar-refractivity contribution is 6.32. The number of aromatic nitrogens is 2. The van der Waals surface area contributed by atoms with E-state index in [9.17, 15) is 10.1 Å². The third-order valence-electron chi connectivity index (χ3n) is 2.81. The van der Waals surface area contributed by atoms with Crippen LogP contribution in [0.5, 0.6) is 0 Å². The Labute approximate surface area is 115 Å². The lowest BCUT2D eigenvalue weighted by atomic mass is 10.1. The van der Waals surface area contributed by atoms with Crippen molar-refractivity contribution in [1.82, 2.24) is 9.55 Å². The molecule has 1 aromatic heterocycles. The average Bonchev–Trinajstić information content (AvgIpc) is 2.80. The maximum atomic E-state index is 10.8. The van der Waals surface area contributed by atoms with Crippen LogP contribution in [0.2, 0.25) is 5.02 Å². The summed E-state index contributed by atoms with van der Waals surface area (Å²) in [7, 11) is 0. The van der Waals surface area contributed by atoms with Crippen molar-refractivity contribution in [2.24, 2.45) is 5.73 Å². The van der Waals surface area contributed by atoms with Gasteiger partial charge in [-0.3, -0.25) is 10.1 Å². The Morgan fingerprint density at radius 2 is 2.26 bits per heavy atom. The summed E-state index contributed by atoms with van der Waals surface area (Å²) in [6.45, 7) is 2.28. The van der Waals surface area contributed by atoms with Gasteiger partial charge in [0.25, 0.3) is 5.69 Å². The lowest BCUT2D eigenvalue weighted by Crippen LogP contribution is -2.09. The third-order valence-corrected chi connectivity index (χ3v) is 3.11. The predicted octanol–water partition coefficient (Wildman–Crippen LogP) is 2.24. The minimum absolute atomic E-state index is 0.0941. The number of nitrogens with two attached hydrogens (primary N) is 1. The molecule has 2 aromatic rings. The molecule has 0 atom stereocenters. The van der Waals surface area contributed by atoms with Crippen molar-refractivity contribution >= 4 is 17.3 Å². The van der Waals surface area contributed by atoms with Gasteiger partial charge in [0.15, 0.2) is 0 Å². The topological polar surface area (TPSA) is 87.0 Å². The van der Waals surface area contributed by atoms with Crippen molar-refractivity contribution in [3.8, 4) is 5.69 Å². The number of nitro groups is 1. The molecular formula is C12H13ClN4O2. The molecule has 1 aromatic carbocycles. The SMILES string of the molecule is Cc1cc([N+](=O)[O-])c(Cl)cc1-n1ccnc1CCN. The van der Waals surface area contributed by atoms with E-state index in [1.54, 1.807) is 25.4 Å². The summed E-state index contributed by atoms with van der Waals surface area (Å²) in [4.78, 5) is 14.6. The summed E-state index contributed by atoms with van der Waals surface area (Å²) >= 11 is 5.94. The second-order valence-electron chi connectivity index (χ2n) is 4.10. The molecule has 0 amide bonds. The first kappa shape index (κ1) is 13.5. The molecule has 0 radical (unpaired) electrons. The number of nitrogens with zero attached hydrogens (tertiary/aromatic N) is 3. The fourth-order valence-electron chi connectivity index (χ4n) is 1.92. The van der Waals surface area contributed by atoms with Crippen molar-refractivity contribution in [2.45, 2.75) is 13.3 Å². The Morgan fingerprint density at radius 3 is 2.89 bits per heavy atom. The standard InChI is InChI=1S/C12H13ClN4O2/c1-8-6-11(17(18)19)9(13)7-10(8)16-5-4-15-12(16)2-3-14/h4-7H,2-3,14H2,1H3. The van der Waals surface area contributed by atoms with Crippen LogP contribution in [-0.4, -0.2) is 21.0 Å². The molecular weight excluding hydrogens is 268 g/mol. The van der Waals surface area contributed by atoms with Gasteiger partial charge >= 0.3 is 0 Å². The molecule has 0 aliphatic rings. The van der Waals surface area contributed by atoms with E-state index in [2.05, 4.69) is 4.98 Å². The molecule has 7 heteroatoms. The van der Waals surface area contributed by atoms with Crippen LogP contribution in [0.4, 0.5) is 5.69 Å². The first-order valence-corrected chi connectivity index (χ1v) is 6.09. The molecule has 0 fully saturated rings. The van der Waals surface area contributed by atoms with Gasteiger partial charge in [-0.1, -0.05) is 11.6 Å². The highest BCUT2D eigenvalue weighted by Gasteiger charge is 2.16. The van der Waals surface area contributed by atoms with Gasteiger partial charge in [-0.15, -0.1) is 0 Å². The maximum absolute atomic E-state index is 10.8. The van der Waals surface area contributed by atoms with E-state index in [1.807, 2.05) is 4.57 Å². The van der Waals surface area contributed by atoms with Gasteiger partial charge in [0.05, 0.1) is 10.6 Å². The quantitative estimate of drug-likeness (QED) is 0.687. The zero-order chi connectivity index (χ0) is 14.0. The fraction of sp³-hybridized carbons (Fsp3) is 0.250.